The first-order valence-electron chi connectivity index (χ1n) is 9.17. The number of nitrogens with one attached hydrogen (secondary N) is 2. The molecule has 0 unspecified atom stereocenters. The summed E-state index contributed by atoms with van der Waals surface area (Å²) < 4.78 is 32.9. The SMILES string of the molecule is CCOc1ccc(N2CCN(S(=O)(=O)c3ccc4[nH]c(=O)[nH]c4c3)CC2)cc1. The van der Waals surface area contributed by atoms with Gasteiger partial charge in [-0.25, -0.2) is 13.2 Å². The first kappa shape index (κ1) is 18.6. The van der Waals surface area contributed by atoms with Crippen molar-refractivity contribution in [1.29, 1.82) is 0 Å². The Morgan fingerprint density at radius 1 is 0.964 bits per heavy atom. The fourth-order valence-electron chi connectivity index (χ4n) is 3.43. The topological polar surface area (TPSA) is 98.5 Å². The maximum atomic E-state index is 13.0. The molecule has 28 heavy (non-hydrogen) atoms. The van der Waals surface area contributed by atoms with Gasteiger partial charge in [0.25, 0.3) is 0 Å². The minimum absolute atomic E-state index is 0.185. The van der Waals surface area contributed by atoms with Gasteiger partial charge in [-0.05, 0) is 49.4 Å². The summed E-state index contributed by atoms with van der Waals surface area (Å²) in [5, 5.41) is 0. The minimum atomic E-state index is -3.61. The second-order valence-electron chi connectivity index (χ2n) is 6.60. The van der Waals surface area contributed by atoms with Crippen molar-refractivity contribution in [2.75, 3.05) is 37.7 Å². The van der Waals surface area contributed by atoms with Crippen molar-refractivity contribution in [1.82, 2.24) is 14.3 Å². The van der Waals surface area contributed by atoms with Gasteiger partial charge < -0.3 is 19.6 Å². The number of nitrogens with zero attached hydrogens (tertiary/aromatic N) is 2. The lowest BCUT2D eigenvalue weighted by Gasteiger charge is -2.35. The van der Waals surface area contributed by atoms with Crippen LogP contribution in [0.15, 0.2) is 52.2 Å². The summed E-state index contributed by atoms with van der Waals surface area (Å²) in [6.45, 7) is 4.58. The molecular weight excluding hydrogens is 380 g/mol. The first-order valence-corrected chi connectivity index (χ1v) is 10.6. The molecule has 0 atom stereocenters. The highest BCUT2D eigenvalue weighted by Gasteiger charge is 2.29. The molecule has 1 aromatic heterocycles. The number of hydrogen-bond donors (Lipinski definition) is 2. The molecule has 1 aliphatic rings. The van der Waals surface area contributed by atoms with Gasteiger partial charge in [-0.2, -0.15) is 4.31 Å². The maximum Gasteiger partial charge on any atom is 0.323 e. The van der Waals surface area contributed by atoms with Gasteiger partial charge in [-0.1, -0.05) is 0 Å². The summed E-state index contributed by atoms with van der Waals surface area (Å²) in [4.78, 5) is 19.0. The Morgan fingerprint density at radius 2 is 1.64 bits per heavy atom. The summed E-state index contributed by atoms with van der Waals surface area (Å²) in [6.07, 6.45) is 0. The summed E-state index contributed by atoms with van der Waals surface area (Å²) in [5.41, 5.74) is 1.77. The van der Waals surface area contributed by atoms with E-state index in [1.807, 2.05) is 31.2 Å². The Morgan fingerprint density at radius 3 is 2.32 bits per heavy atom. The average molecular weight is 402 g/mol. The zero-order chi connectivity index (χ0) is 19.7. The number of aromatic amines is 2. The van der Waals surface area contributed by atoms with Gasteiger partial charge in [0.15, 0.2) is 0 Å². The van der Waals surface area contributed by atoms with Gasteiger partial charge >= 0.3 is 5.69 Å². The van der Waals surface area contributed by atoms with Gasteiger partial charge in [0.1, 0.15) is 5.75 Å². The Hall–Kier alpha value is -2.78. The van der Waals surface area contributed by atoms with Crippen LogP contribution in [0.3, 0.4) is 0 Å². The number of ether oxygens (including phenoxy) is 1. The highest BCUT2D eigenvalue weighted by atomic mass is 32.2. The number of sulfonamides is 1. The molecule has 0 bridgehead atoms. The van der Waals surface area contributed by atoms with Crippen LogP contribution < -0.4 is 15.3 Å². The number of hydrogen-bond acceptors (Lipinski definition) is 5. The second-order valence-corrected chi connectivity index (χ2v) is 8.54. The predicted octanol–water partition coefficient (Wildman–Crippen LogP) is 1.77. The number of fused-ring (bicyclic) bond motifs is 1. The summed E-state index contributed by atoms with van der Waals surface area (Å²) in [7, 11) is -3.61. The smallest absolute Gasteiger partial charge is 0.323 e. The number of H-pyrrole nitrogens is 2. The Balaban J connectivity index is 1.47. The Kier molecular flexibility index (Phi) is 4.86. The summed E-state index contributed by atoms with van der Waals surface area (Å²) in [6, 6.07) is 12.5. The Labute approximate surface area is 162 Å². The van der Waals surface area contributed by atoms with E-state index >= 15 is 0 Å². The van der Waals surface area contributed by atoms with Crippen molar-refractivity contribution in [2.45, 2.75) is 11.8 Å². The molecule has 3 aromatic rings. The lowest BCUT2D eigenvalue weighted by atomic mass is 10.2. The van der Waals surface area contributed by atoms with Crippen LogP contribution in [0.1, 0.15) is 6.92 Å². The van der Waals surface area contributed by atoms with Crippen LogP contribution >= 0.6 is 0 Å². The largest absolute Gasteiger partial charge is 0.494 e. The van der Waals surface area contributed by atoms with Crippen LogP contribution in [-0.2, 0) is 10.0 Å². The van der Waals surface area contributed by atoms with Gasteiger partial charge in [0.2, 0.25) is 10.0 Å². The van der Waals surface area contributed by atoms with Crippen LogP contribution in [0, 0.1) is 0 Å². The molecule has 4 rings (SSSR count). The second kappa shape index (κ2) is 7.33. The Bertz CT molecular complexity index is 1130. The van der Waals surface area contributed by atoms with Crippen molar-refractivity contribution in [2.24, 2.45) is 0 Å². The molecule has 2 aromatic carbocycles. The van der Waals surface area contributed by atoms with Crippen molar-refractivity contribution < 1.29 is 13.2 Å². The molecule has 0 spiro atoms. The zero-order valence-electron chi connectivity index (χ0n) is 15.5. The monoisotopic (exact) mass is 402 g/mol. The van der Waals surface area contributed by atoms with Crippen LogP contribution in [0.4, 0.5) is 5.69 Å². The number of benzene rings is 2. The van der Waals surface area contributed by atoms with Gasteiger partial charge in [-0.3, -0.25) is 0 Å². The predicted molar refractivity (Wildman–Crippen MR) is 108 cm³/mol. The van der Waals surface area contributed by atoms with E-state index < -0.39 is 10.0 Å². The molecule has 0 saturated carbocycles. The van der Waals surface area contributed by atoms with E-state index in [9.17, 15) is 13.2 Å². The number of rotatable bonds is 5. The molecule has 1 fully saturated rings. The normalized spacial score (nSPS) is 15.8. The zero-order valence-corrected chi connectivity index (χ0v) is 16.3. The third-order valence-electron chi connectivity index (χ3n) is 4.88. The van der Waals surface area contributed by atoms with Crippen LogP contribution in [0.2, 0.25) is 0 Å². The van der Waals surface area contributed by atoms with E-state index in [1.165, 1.54) is 16.4 Å². The van der Waals surface area contributed by atoms with Crippen molar-refractivity contribution in [3.63, 3.8) is 0 Å². The van der Waals surface area contributed by atoms with Crippen molar-refractivity contribution in [3.8, 4) is 5.75 Å². The van der Waals surface area contributed by atoms with Crippen LogP contribution in [-0.4, -0.2) is 55.5 Å². The molecular formula is C19H22N4O4S. The van der Waals surface area contributed by atoms with E-state index in [0.29, 0.717) is 43.8 Å². The lowest BCUT2D eigenvalue weighted by molar-refractivity contribution is 0.340. The molecule has 1 aliphatic heterocycles. The molecule has 0 amide bonds. The summed E-state index contributed by atoms with van der Waals surface area (Å²) in [5.74, 6) is 0.825. The standard InChI is InChI=1S/C19H22N4O4S/c1-2-27-15-5-3-14(4-6-15)22-9-11-23(12-10-22)28(25,26)16-7-8-17-18(13-16)21-19(24)20-17/h3-8,13H,2,9-12H2,1H3,(H2,20,21,24). The van der Waals surface area contributed by atoms with Gasteiger partial charge in [0, 0.05) is 31.9 Å². The molecule has 0 radical (unpaired) electrons. The van der Waals surface area contributed by atoms with E-state index in [0.717, 1.165) is 11.4 Å². The molecule has 0 aliphatic carbocycles. The lowest BCUT2D eigenvalue weighted by Crippen LogP contribution is -2.48. The van der Waals surface area contributed by atoms with E-state index in [-0.39, 0.29) is 10.6 Å². The molecule has 1 saturated heterocycles. The van der Waals surface area contributed by atoms with Crippen molar-refractivity contribution >= 4 is 26.7 Å². The third kappa shape index (κ3) is 3.50. The number of anilines is 1. The van der Waals surface area contributed by atoms with Gasteiger partial charge in [0.05, 0.1) is 22.5 Å². The van der Waals surface area contributed by atoms with Gasteiger partial charge in [-0.15, -0.1) is 0 Å². The highest BCUT2D eigenvalue weighted by Crippen LogP contribution is 2.24. The quantitative estimate of drug-likeness (QED) is 0.678. The highest BCUT2D eigenvalue weighted by molar-refractivity contribution is 7.89. The van der Waals surface area contributed by atoms with E-state index in [1.54, 1.807) is 6.07 Å². The number of aromatic nitrogens is 2. The van der Waals surface area contributed by atoms with Crippen LogP contribution in [0.25, 0.3) is 11.0 Å². The molecule has 2 N–H and O–H groups in total. The fourth-order valence-corrected chi connectivity index (χ4v) is 4.88. The average Bonchev–Trinajstić information content (AvgIpc) is 3.08. The third-order valence-corrected chi connectivity index (χ3v) is 6.77. The van der Waals surface area contributed by atoms with Crippen molar-refractivity contribution in [3.05, 3.63) is 52.9 Å². The van der Waals surface area contributed by atoms with E-state index in [4.69, 9.17) is 4.74 Å². The number of imidazole rings is 1. The van der Waals surface area contributed by atoms with E-state index in [2.05, 4.69) is 14.9 Å². The molecule has 8 nitrogen and oxygen atoms in total. The first-order chi connectivity index (χ1) is 13.5. The fraction of sp³-hybridized carbons (Fsp3) is 0.316. The number of piperazine rings is 1. The minimum Gasteiger partial charge on any atom is -0.494 e. The maximum absolute atomic E-state index is 13.0. The van der Waals surface area contributed by atoms with Crippen LogP contribution in [0.5, 0.6) is 5.75 Å². The summed E-state index contributed by atoms with van der Waals surface area (Å²) >= 11 is 0. The molecule has 2 heterocycles. The molecule has 9 heteroatoms. The molecule has 148 valence electrons.